The molecule has 23 heavy (non-hydrogen) atoms. The van der Waals surface area contributed by atoms with Crippen molar-refractivity contribution in [3.8, 4) is 5.69 Å². The number of anilines is 1. The van der Waals surface area contributed by atoms with E-state index in [1.807, 2.05) is 34.9 Å². The van der Waals surface area contributed by atoms with E-state index >= 15 is 0 Å². The fourth-order valence-corrected chi connectivity index (χ4v) is 2.17. The molecule has 0 unspecified atom stereocenters. The van der Waals surface area contributed by atoms with Crippen molar-refractivity contribution in [3.63, 3.8) is 0 Å². The molecule has 1 aromatic carbocycles. The first-order valence-corrected chi connectivity index (χ1v) is 7.01. The number of ether oxygens (including phenoxy) is 1. The van der Waals surface area contributed by atoms with Crippen LogP contribution in [0, 0.1) is 0 Å². The van der Waals surface area contributed by atoms with Crippen molar-refractivity contribution in [2.45, 2.75) is 6.54 Å². The lowest BCUT2D eigenvalue weighted by atomic mass is 10.3. The smallest absolute Gasteiger partial charge is 0.358 e. The number of hydrogen-bond acceptors (Lipinski definition) is 6. The lowest BCUT2D eigenvalue weighted by Gasteiger charge is -2.10. The van der Waals surface area contributed by atoms with Crippen LogP contribution < -0.4 is 5.32 Å². The Bertz CT molecular complexity index is 801. The highest BCUT2D eigenvalue weighted by Crippen LogP contribution is 2.15. The van der Waals surface area contributed by atoms with E-state index in [1.54, 1.807) is 24.7 Å². The van der Waals surface area contributed by atoms with E-state index < -0.39 is 5.97 Å². The number of nitrogens with one attached hydrogen (secondary N) is 1. The number of benzene rings is 1. The van der Waals surface area contributed by atoms with Crippen molar-refractivity contribution in [2.75, 3.05) is 12.4 Å². The summed E-state index contributed by atoms with van der Waals surface area (Å²) < 4.78 is 6.61. The zero-order valence-electron chi connectivity index (χ0n) is 12.5. The molecule has 0 fully saturated rings. The van der Waals surface area contributed by atoms with E-state index in [-0.39, 0.29) is 5.69 Å². The molecule has 3 aromatic rings. The second-order valence-electron chi connectivity index (χ2n) is 4.70. The molecule has 0 bridgehead atoms. The second kappa shape index (κ2) is 6.69. The summed E-state index contributed by atoms with van der Waals surface area (Å²) in [6, 6.07) is 13.3. The number of esters is 1. The molecule has 0 amide bonds. The van der Waals surface area contributed by atoms with Gasteiger partial charge >= 0.3 is 5.97 Å². The molecular weight excluding hydrogens is 294 g/mol. The van der Waals surface area contributed by atoms with Crippen LogP contribution in [0.25, 0.3) is 5.69 Å². The van der Waals surface area contributed by atoms with Gasteiger partial charge in [-0.05, 0) is 24.3 Å². The number of nitrogens with zero attached hydrogens (tertiary/aromatic N) is 4. The van der Waals surface area contributed by atoms with Crippen molar-refractivity contribution in [1.29, 1.82) is 0 Å². The average molecular weight is 309 g/mol. The number of hydrogen-bond donors (Lipinski definition) is 1. The summed E-state index contributed by atoms with van der Waals surface area (Å²) >= 11 is 0. The highest BCUT2D eigenvalue weighted by Gasteiger charge is 2.14. The summed E-state index contributed by atoms with van der Waals surface area (Å²) in [5, 5.41) is 11.2. The number of pyridine rings is 1. The summed E-state index contributed by atoms with van der Waals surface area (Å²) in [5.41, 5.74) is 1.79. The number of rotatable bonds is 5. The summed E-state index contributed by atoms with van der Waals surface area (Å²) in [6.45, 7) is 0.393. The Labute approximate surface area is 133 Å². The van der Waals surface area contributed by atoms with Gasteiger partial charge in [0.05, 0.1) is 19.3 Å². The third-order valence-electron chi connectivity index (χ3n) is 3.28. The highest BCUT2D eigenvalue weighted by molar-refractivity contribution is 5.93. The Morgan fingerprint density at radius 3 is 2.83 bits per heavy atom. The van der Waals surface area contributed by atoms with Crippen molar-refractivity contribution < 1.29 is 9.53 Å². The maximum atomic E-state index is 11.7. The fraction of sp³-hybridized carbons (Fsp3) is 0.125. The fourth-order valence-electron chi connectivity index (χ4n) is 2.17. The van der Waals surface area contributed by atoms with Gasteiger partial charge < -0.3 is 10.1 Å². The maximum Gasteiger partial charge on any atom is 0.358 e. The predicted octanol–water partition coefficient (Wildman–Crippen LogP) is 2.06. The first-order valence-electron chi connectivity index (χ1n) is 7.01. The normalized spacial score (nSPS) is 10.3. The van der Waals surface area contributed by atoms with E-state index in [0.717, 1.165) is 11.5 Å². The predicted molar refractivity (Wildman–Crippen MR) is 84.3 cm³/mol. The quantitative estimate of drug-likeness (QED) is 0.727. The zero-order chi connectivity index (χ0) is 16.1. The monoisotopic (exact) mass is 309 g/mol. The van der Waals surface area contributed by atoms with Crippen LogP contribution in [0.1, 0.15) is 16.3 Å². The van der Waals surface area contributed by atoms with E-state index in [4.69, 9.17) is 4.74 Å². The van der Waals surface area contributed by atoms with Crippen molar-refractivity contribution in [2.24, 2.45) is 0 Å². The number of carbonyl (C=O) groups excluding carboxylic acids is 1. The molecule has 0 aliphatic rings. The minimum atomic E-state index is -0.488. The Morgan fingerprint density at radius 2 is 2.04 bits per heavy atom. The molecule has 0 saturated carbocycles. The number of para-hydroxylation sites is 1. The van der Waals surface area contributed by atoms with Crippen LogP contribution >= 0.6 is 0 Å². The van der Waals surface area contributed by atoms with Gasteiger partial charge in [0.2, 0.25) is 0 Å². The largest absolute Gasteiger partial charge is 0.464 e. The van der Waals surface area contributed by atoms with Crippen LogP contribution in [-0.2, 0) is 11.3 Å². The van der Waals surface area contributed by atoms with E-state index in [2.05, 4.69) is 20.5 Å². The van der Waals surface area contributed by atoms with Crippen LogP contribution in [0.2, 0.25) is 0 Å². The Balaban J connectivity index is 1.81. The Hall–Kier alpha value is -3.22. The third kappa shape index (κ3) is 3.18. The van der Waals surface area contributed by atoms with E-state index in [0.29, 0.717) is 12.2 Å². The summed E-state index contributed by atoms with van der Waals surface area (Å²) in [5.74, 6) is 0.230. The van der Waals surface area contributed by atoms with Crippen LogP contribution in [0.5, 0.6) is 0 Å². The molecule has 0 aliphatic carbocycles. The maximum absolute atomic E-state index is 11.7. The third-order valence-corrected chi connectivity index (χ3v) is 3.28. The van der Waals surface area contributed by atoms with Gasteiger partial charge in [-0.15, -0.1) is 10.2 Å². The molecule has 3 rings (SSSR count). The van der Waals surface area contributed by atoms with Crippen LogP contribution in [-0.4, -0.2) is 32.8 Å². The first-order chi connectivity index (χ1) is 11.3. The topological polar surface area (TPSA) is 81.9 Å². The molecule has 0 saturated heterocycles. The summed E-state index contributed by atoms with van der Waals surface area (Å²) in [7, 11) is 1.33. The highest BCUT2D eigenvalue weighted by atomic mass is 16.5. The lowest BCUT2D eigenvalue weighted by Crippen LogP contribution is -2.12. The van der Waals surface area contributed by atoms with E-state index in [1.165, 1.54) is 7.11 Å². The molecule has 116 valence electrons. The lowest BCUT2D eigenvalue weighted by molar-refractivity contribution is 0.0595. The first kappa shape index (κ1) is 14.7. The molecule has 0 atom stereocenters. The Kier molecular flexibility index (Phi) is 4.28. The number of aromatic nitrogens is 4. The standard InChI is InChI=1S/C16H15N5O2/c1-23-16(22)15-13(8-5-9-17-15)18-10-14-20-19-11-21(14)12-6-3-2-4-7-12/h2-9,11,18H,10H2,1H3. The molecule has 2 aromatic heterocycles. The average Bonchev–Trinajstić information content (AvgIpc) is 3.09. The summed E-state index contributed by atoms with van der Waals surface area (Å²) in [6.07, 6.45) is 3.20. The van der Waals surface area contributed by atoms with Gasteiger partial charge in [-0.3, -0.25) is 4.57 Å². The number of carbonyl (C=O) groups is 1. The van der Waals surface area contributed by atoms with Gasteiger partial charge in [0, 0.05) is 11.9 Å². The molecule has 7 nitrogen and oxygen atoms in total. The van der Waals surface area contributed by atoms with Crippen LogP contribution in [0.3, 0.4) is 0 Å². The minimum absolute atomic E-state index is 0.237. The van der Waals surface area contributed by atoms with Crippen LogP contribution in [0.15, 0.2) is 55.0 Å². The minimum Gasteiger partial charge on any atom is -0.464 e. The molecule has 1 N–H and O–H groups in total. The molecular formula is C16H15N5O2. The molecule has 0 radical (unpaired) electrons. The number of methoxy groups -OCH3 is 1. The molecule has 2 heterocycles. The Morgan fingerprint density at radius 1 is 1.22 bits per heavy atom. The molecule has 0 spiro atoms. The van der Waals surface area contributed by atoms with Crippen molar-refractivity contribution in [1.82, 2.24) is 19.7 Å². The van der Waals surface area contributed by atoms with Gasteiger partial charge in [-0.25, -0.2) is 9.78 Å². The van der Waals surface area contributed by atoms with Gasteiger partial charge in [0.1, 0.15) is 6.33 Å². The van der Waals surface area contributed by atoms with Crippen molar-refractivity contribution >= 4 is 11.7 Å². The SMILES string of the molecule is COC(=O)c1ncccc1NCc1nncn1-c1ccccc1. The van der Waals surface area contributed by atoms with E-state index in [9.17, 15) is 4.79 Å². The second-order valence-corrected chi connectivity index (χ2v) is 4.70. The molecule has 7 heteroatoms. The molecule has 0 aliphatic heterocycles. The summed E-state index contributed by atoms with van der Waals surface area (Å²) in [4.78, 5) is 15.8. The van der Waals surface area contributed by atoms with Gasteiger partial charge in [-0.1, -0.05) is 18.2 Å². The van der Waals surface area contributed by atoms with Gasteiger partial charge in [0.25, 0.3) is 0 Å². The van der Waals surface area contributed by atoms with Crippen molar-refractivity contribution in [3.05, 3.63) is 66.5 Å². The van der Waals surface area contributed by atoms with Crippen LogP contribution in [0.4, 0.5) is 5.69 Å². The van der Waals surface area contributed by atoms with Gasteiger partial charge in [-0.2, -0.15) is 0 Å². The zero-order valence-corrected chi connectivity index (χ0v) is 12.5. The van der Waals surface area contributed by atoms with Gasteiger partial charge in [0.15, 0.2) is 11.5 Å².